The third kappa shape index (κ3) is 2.81. The minimum Gasteiger partial charge on any atom is -0.399 e. The number of nitrogens with one attached hydrogen (secondary N) is 1. The van der Waals surface area contributed by atoms with Crippen LogP contribution in [0.3, 0.4) is 0 Å². The van der Waals surface area contributed by atoms with Crippen LogP contribution in [0.1, 0.15) is 17.3 Å². The molecular formula is C14H22N4O. The lowest BCUT2D eigenvalue weighted by molar-refractivity contribution is 0.0963. The Labute approximate surface area is 114 Å². The predicted octanol–water partition coefficient (Wildman–Crippen LogP) is 0.769. The Morgan fingerprint density at radius 3 is 2.79 bits per heavy atom. The Kier molecular flexibility index (Phi) is 3.95. The molecule has 3 N–H and O–H groups in total. The number of amides is 1. The fourth-order valence-electron chi connectivity index (χ4n) is 2.40. The minimum absolute atomic E-state index is 0.0680. The highest BCUT2D eigenvalue weighted by molar-refractivity contribution is 6.00. The topological polar surface area (TPSA) is 61.6 Å². The van der Waals surface area contributed by atoms with Gasteiger partial charge in [0.2, 0.25) is 0 Å². The molecule has 1 fully saturated rings. The number of carbonyl (C=O) groups excluding carboxylic acids is 1. The highest BCUT2D eigenvalue weighted by Crippen LogP contribution is 2.25. The van der Waals surface area contributed by atoms with Gasteiger partial charge in [0.05, 0.1) is 11.3 Å². The van der Waals surface area contributed by atoms with E-state index in [-0.39, 0.29) is 5.91 Å². The van der Waals surface area contributed by atoms with Crippen molar-refractivity contribution in [2.24, 2.45) is 0 Å². The average molecular weight is 262 g/mol. The van der Waals surface area contributed by atoms with Gasteiger partial charge in [0, 0.05) is 38.4 Å². The summed E-state index contributed by atoms with van der Waals surface area (Å²) in [5.41, 5.74) is 8.18. The van der Waals surface area contributed by atoms with Gasteiger partial charge in [0.15, 0.2) is 0 Å². The van der Waals surface area contributed by atoms with Gasteiger partial charge in [-0.25, -0.2) is 0 Å². The van der Waals surface area contributed by atoms with Crippen LogP contribution < -0.4 is 16.0 Å². The number of nitrogen functional groups attached to an aromatic ring is 1. The monoisotopic (exact) mass is 262 g/mol. The molecule has 0 aromatic heterocycles. The first-order valence-electron chi connectivity index (χ1n) is 6.59. The zero-order chi connectivity index (χ0) is 14.0. The summed E-state index contributed by atoms with van der Waals surface area (Å²) in [5.74, 6) is -0.0680. The van der Waals surface area contributed by atoms with Gasteiger partial charge in [-0.3, -0.25) is 4.79 Å². The van der Waals surface area contributed by atoms with E-state index in [2.05, 4.69) is 29.1 Å². The maximum Gasteiger partial charge on any atom is 0.253 e. The van der Waals surface area contributed by atoms with Gasteiger partial charge in [-0.15, -0.1) is 0 Å². The van der Waals surface area contributed by atoms with Gasteiger partial charge in [-0.1, -0.05) is 0 Å². The lowest BCUT2D eigenvalue weighted by Crippen LogP contribution is -2.50. The zero-order valence-electron chi connectivity index (χ0n) is 11.8. The summed E-state index contributed by atoms with van der Waals surface area (Å²) in [7, 11) is 3.77. The largest absolute Gasteiger partial charge is 0.399 e. The highest BCUT2D eigenvalue weighted by Gasteiger charge is 2.24. The number of carbonyl (C=O) groups is 1. The van der Waals surface area contributed by atoms with Crippen LogP contribution in [-0.2, 0) is 0 Å². The predicted molar refractivity (Wildman–Crippen MR) is 78.5 cm³/mol. The first-order valence-corrected chi connectivity index (χ1v) is 6.59. The molecule has 104 valence electrons. The molecule has 0 saturated carbocycles. The molecule has 1 saturated heterocycles. The molecule has 1 heterocycles. The third-order valence-electron chi connectivity index (χ3n) is 3.79. The summed E-state index contributed by atoms with van der Waals surface area (Å²) in [5, 5.41) is 2.68. The number of rotatable bonds is 2. The van der Waals surface area contributed by atoms with E-state index in [1.54, 1.807) is 19.2 Å². The van der Waals surface area contributed by atoms with Crippen LogP contribution in [0.2, 0.25) is 0 Å². The molecule has 1 aromatic rings. The number of piperazine rings is 1. The lowest BCUT2D eigenvalue weighted by Gasteiger charge is -2.39. The van der Waals surface area contributed by atoms with E-state index in [4.69, 9.17) is 5.73 Å². The van der Waals surface area contributed by atoms with Gasteiger partial charge >= 0.3 is 0 Å². The molecule has 1 unspecified atom stereocenters. The molecule has 0 spiro atoms. The standard InChI is InChI=1S/C14H22N4O/c1-10-9-18(7-6-17(10)3)13-8-11(15)4-5-12(13)14(19)16-2/h4-5,8,10H,6-7,9,15H2,1-3H3,(H,16,19). The summed E-state index contributed by atoms with van der Waals surface area (Å²) >= 11 is 0. The van der Waals surface area contributed by atoms with Crippen molar-refractivity contribution in [1.82, 2.24) is 10.2 Å². The summed E-state index contributed by atoms with van der Waals surface area (Å²) in [4.78, 5) is 16.5. The van der Waals surface area contributed by atoms with E-state index in [1.807, 2.05) is 6.07 Å². The molecule has 2 rings (SSSR count). The van der Waals surface area contributed by atoms with E-state index in [1.165, 1.54) is 0 Å². The summed E-state index contributed by atoms with van der Waals surface area (Å²) < 4.78 is 0. The number of hydrogen-bond acceptors (Lipinski definition) is 4. The van der Waals surface area contributed by atoms with E-state index in [0.717, 1.165) is 25.3 Å². The molecule has 19 heavy (non-hydrogen) atoms. The Morgan fingerprint density at radius 2 is 2.16 bits per heavy atom. The van der Waals surface area contributed by atoms with E-state index < -0.39 is 0 Å². The minimum atomic E-state index is -0.0680. The van der Waals surface area contributed by atoms with Crippen molar-refractivity contribution in [3.05, 3.63) is 23.8 Å². The van der Waals surface area contributed by atoms with Crippen molar-refractivity contribution >= 4 is 17.3 Å². The van der Waals surface area contributed by atoms with Crippen molar-refractivity contribution in [2.45, 2.75) is 13.0 Å². The van der Waals surface area contributed by atoms with Gasteiger partial charge in [0.1, 0.15) is 0 Å². The van der Waals surface area contributed by atoms with Gasteiger partial charge < -0.3 is 20.9 Å². The van der Waals surface area contributed by atoms with Crippen LogP contribution in [0.5, 0.6) is 0 Å². The molecule has 1 atom stereocenters. The fourth-order valence-corrected chi connectivity index (χ4v) is 2.40. The number of likely N-dealkylation sites (N-methyl/N-ethyl adjacent to an activating group) is 1. The lowest BCUT2D eigenvalue weighted by atomic mass is 10.1. The van der Waals surface area contributed by atoms with Crippen LogP contribution in [0, 0.1) is 0 Å². The van der Waals surface area contributed by atoms with Gasteiger partial charge in [0.25, 0.3) is 5.91 Å². The van der Waals surface area contributed by atoms with Crippen LogP contribution in [0.4, 0.5) is 11.4 Å². The van der Waals surface area contributed by atoms with Crippen molar-refractivity contribution in [3.8, 4) is 0 Å². The van der Waals surface area contributed by atoms with E-state index in [0.29, 0.717) is 17.3 Å². The number of nitrogens with zero attached hydrogens (tertiary/aromatic N) is 2. The molecule has 0 bridgehead atoms. The summed E-state index contributed by atoms with van der Waals surface area (Å²) in [6.45, 7) is 5.00. The van der Waals surface area contributed by atoms with Crippen LogP contribution >= 0.6 is 0 Å². The highest BCUT2D eigenvalue weighted by atomic mass is 16.1. The first-order chi connectivity index (χ1) is 9.02. The first kappa shape index (κ1) is 13.7. The van der Waals surface area contributed by atoms with Crippen molar-refractivity contribution in [3.63, 3.8) is 0 Å². The molecular weight excluding hydrogens is 240 g/mol. The SMILES string of the molecule is CNC(=O)c1ccc(N)cc1N1CCN(C)C(C)C1. The van der Waals surface area contributed by atoms with Crippen molar-refractivity contribution < 1.29 is 4.79 Å². The molecule has 5 nitrogen and oxygen atoms in total. The van der Waals surface area contributed by atoms with E-state index in [9.17, 15) is 4.79 Å². The summed E-state index contributed by atoms with van der Waals surface area (Å²) in [6, 6.07) is 5.93. The van der Waals surface area contributed by atoms with Crippen LogP contribution in [-0.4, -0.2) is 50.6 Å². The molecule has 1 aromatic carbocycles. The Hall–Kier alpha value is -1.75. The number of anilines is 2. The molecule has 1 aliphatic heterocycles. The Bertz CT molecular complexity index is 475. The Balaban J connectivity index is 2.32. The van der Waals surface area contributed by atoms with Crippen LogP contribution in [0.15, 0.2) is 18.2 Å². The fraction of sp³-hybridized carbons (Fsp3) is 0.500. The number of nitrogens with two attached hydrogens (primary N) is 1. The van der Waals surface area contributed by atoms with Crippen LogP contribution in [0.25, 0.3) is 0 Å². The normalized spacial score (nSPS) is 20.4. The second-order valence-corrected chi connectivity index (χ2v) is 5.13. The third-order valence-corrected chi connectivity index (χ3v) is 3.79. The van der Waals surface area contributed by atoms with Crippen molar-refractivity contribution in [1.29, 1.82) is 0 Å². The molecule has 1 amide bonds. The summed E-state index contributed by atoms with van der Waals surface area (Å²) in [6.07, 6.45) is 0. The molecule has 1 aliphatic rings. The number of hydrogen-bond donors (Lipinski definition) is 2. The quantitative estimate of drug-likeness (QED) is 0.773. The van der Waals surface area contributed by atoms with Crippen molar-refractivity contribution in [2.75, 3.05) is 44.4 Å². The average Bonchev–Trinajstić information content (AvgIpc) is 2.41. The van der Waals surface area contributed by atoms with E-state index >= 15 is 0 Å². The van der Waals surface area contributed by atoms with Gasteiger partial charge in [-0.2, -0.15) is 0 Å². The van der Waals surface area contributed by atoms with Gasteiger partial charge in [-0.05, 0) is 32.2 Å². The maximum absolute atomic E-state index is 11.9. The maximum atomic E-state index is 11.9. The smallest absolute Gasteiger partial charge is 0.253 e. The second kappa shape index (κ2) is 5.48. The number of benzene rings is 1. The zero-order valence-corrected chi connectivity index (χ0v) is 11.8. The molecule has 5 heteroatoms. The molecule has 0 aliphatic carbocycles. The molecule has 0 radical (unpaired) electrons. The second-order valence-electron chi connectivity index (χ2n) is 5.13. The Morgan fingerprint density at radius 1 is 1.42 bits per heavy atom.